The standard InChI is InChI=1S/C16H16ClFN2OS/c1-9-5-6-13-14(7-9)22-16(19-13)20-15(21)8-10-11(17)3-2-4-12(10)18/h2-4,9H,5-8H2,1H3,(H,19,20,21)/t9-/m1/s1. The number of amides is 1. The van der Waals surface area contributed by atoms with Crippen molar-refractivity contribution in [1.29, 1.82) is 0 Å². The van der Waals surface area contributed by atoms with E-state index in [0.717, 1.165) is 25.0 Å². The minimum atomic E-state index is -0.463. The number of nitrogens with zero attached hydrogens (tertiary/aromatic N) is 1. The number of benzene rings is 1. The van der Waals surface area contributed by atoms with Crippen LogP contribution in [0.4, 0.5) is 9.52 Å². The van der Waals surface area contributed by atoms with E-state index in [1.165, 1.54) is 28.3 Å². The number of hydrogen-bond donors (Lipinski definition) is 1. The number of nitrogens with one attached hydrogen (secondary N) is 1. The van der Waals surface area contributed by atoms with Gasteiger partial charge < -0.3 is 5.32 Å². The molecule has 0 saturated heterocycles. The van der Waals surface area contributed by atoms with E-state index in [2.05, 4.69) is 17.2 Å². The van der Waals surface area contributed by atoms with Gasteiger partial charge in [0.1, 0.15) is 5.82 Å². The Morgan fingerprint density at radius 3 is 3.14 bits per heavy atom. The predicted octanol–water partition coefficient (Wildman–Crippen LogP) is 4.24. The summed E-state index contributed by atoms with van der Waals surface area (Å²) >= 11 is 7.46. The lowest BCUT2D eigenvalue weighted by atomic mass is 9.93. The second-order valence-corrected chi connectivity index (χ2v) is 7.15. The van der Waals surface area contributed by atoms with E-state index in [4.69, 9.17) is 11.6 Å². The maximum Gasteiger partial charge on any atom is 0.230 e. The summed E-state index contributed by atoms with van der Waals surface area (Å²) in [7, 11) is 0. The van der Waals surface area contributed by atoms with Crippen LogP contribution in [0.15, 0.2) is 18.2 Å². The number of anilines is 1. The summed E-state index contributed by atoms with van der Waals surface area (Å²) in [4.78, 5) is 17.8. The van der Waals surface area contributed by atoms with Gasteiger partial charge in [-0.25, -0.2) is 9.37 Å². The number of carbonyl (C=O) groups is 1. The molecule has 0 spiro atoms. The Labute approximate surface area is 137 Å². The van der Waals surface area contributed by atoms with Crippen molar-refractivity contribution in [3.05, 3.63) is 45.2 Å². The van der Waals surface area contributed by atoms with Crippen LogP contribution < -0.4 is 5.32 Å². The van der Waals surface area contributed by atoms with Crippen molar-refractivity contribution in [3.63, 3.8) is 0 Å². The molecule has 1 heterocycles. The van der Waals surface area contributed by atoms with Crippen molar-refractivity contribution in [3.8, 4) is 0 Å². The summed E-state index contributed by atoms with van der Waals surface area (Å²) in [6.45, 7) is 2.22. The van der Waals surface area contributed by atoms with Crippen molar-refractivity contribution in [2.45, 2.75) is 32.6 Å². The third kappa shape index (κ3) is 3.31. The number of fused-ring (bicyclic) bond motifs is 1. The van der Waals surface area contributed by atoms with Crippen LogP contribution in [-0.4, -0.2) is 10.9 Å². The Hall–Kier alpha value is -1.46. The summed E-state index contributed by atoms with van der Waals surface area (Å²) in [5.41, 5.74) is 1.30. The number of aromatic nitrogens is 1. The highest BCUT2D eigenvalue weighted by atomic mass is 35.5. The molecule has 0 saturated carbocycles. The molecule has 3 nitrogen and oxygen atoms in total. The van der Waals surface area contributed by atoms with Gasteiger partial charge in [-0.2, -0.15) is 0 Å². The van der Waals surface area contributed by atoms with Crippen molar-refractivity contribution in [1.82, 2.24) is 4.98 Å². The molecule has 0 fully saturated rings. The lowest BCUT2D eigenvalue weighted by Crippen LogP contribution is -2.15. The molecule has 1 atom stereocenters. The molecule has 1 aliphatic carbocycles. The summed E-state index contributed by atoms with van der Waals surface area (Å²) in [5.74, 6) is -0.102. The SMILES string of the molecule is C[C@@H]1CCc2nc(NC(=O)Cc3c(F)cccc3Cl)sc2C1. The first-order chi connectivity index (χ1) is 10.5. The van der Waals surface area contributed by atoms with Gasteiger partial charge in [0.25, 0.3) is 0 Å². The Kier molecular flexibility index (Phi) is 4.45. The van der Waals surface area contributed by atoms with Gasteiger partial charge in [-0.15, -0.1) is 11.3 Å². The van der Waals surface area contributed by atoms with Crippen LogP contribution in [0, 0.1) is 11.7 Å². The molecule has 3 rings (SSSR count). The Balaban J connectivity index is 1.70. The van der Waals surface area contributed by atoms with E-state index in [0.29, 0.717) is 11.0 Å². The van der Waals surface area contributed by atoms with Gasteiger partial charge in [-0.1, -0.05) is 24.6 Å². The Morgan fingerprint density at radius 1 is 1.55 bits per heavy atom. The molecule has 1 aliphatic rings. The van der Waals surface area contributed by atoms with Crippen molar-refractivity contribution in [2.75, 3.05) is 5.32 Å². The maximum atomic E-state index is 13.7. The highest BCUT2D eigenvalue weighted by Crippen LogP contribution is 2.32. The molecule has 1 aromatic heterocycles. The van der Waals surface area contributed by atoms with Crippen molar-refractivity contribution >= 4 is 34.0 Å². The first-order valence-corrected chi connectivity index (χ1v) is 8.43. The third-order valence-corrected chi connectivity index (χ3v) is 5.22. The Bertz CT molecular complexity index is 696. The number of thiazole rings is 1. The van der Waals surface area contributed by atoms with E-state index in [1.807, 2.05) is 0 Å². The summed E-state index contributed by atoms with van der Waals surface area (Å²) in [6, 6.07) is 4.41. The van der Waals surface area contributed by atoms with Crippen molar-refractivity contribution in [2.24, 2.45) is 5.92 Å². The highest BCUT2D eigenvalue weighted by molar-refractivity contribution is 7.15. The van der Waals surface area contributed by atoms with E-state index in [-0.39, 0.29) is 22.9 Å². The lowest BCUT2D eigenvalue weighted by molar-refractivity contribution is -0.115. The number of hydrogen-bond acceptors (Lipinski definition) is 3. The van der Waals surface area contributed by atoms with Gasteiger partial charge in [-0.3, -0.25) is 4.79 Å². The van der Waals surface area contributed by atoms with Crippen LogP contribution in [0.2, 0.25) is 5.02 Å². The zero-order valence-corrected chi connectivity index (χ0v) is 13.7. The number of rotatable bonds is 3. The van der Waals surface area contributed by atoms with Gasteiger partial charge in [0.15, 0.2) is 5.13 Å². The molecule has 0 unspecified atom stereocenters. The van der Waals surface area contributed by atoms with Gasteiger partial charge in [-0.05, 0) is 37.3 Å². The van der Waals surface area contributed by atoms with Crippen LogP contribution in [0.25, 0.3) is 0 Å². The molecule has 0 radical (unpaired) electrons. The highest BCUT2D eigenvalue weighted by Gasteiger charge is 2.21. The minimum absolute atomic E-state index is 0.0911. The van der Waals surface area contributed by atoms with Crippen LogP contribution in [-0.2, 0) is 24.1 Å². The van der Waals surface area contributed by atoms with E-state index < -0.39 is 5.82 Å². The molecule has 2 aromatic rings. The normalized spacial score (nSPS) is 17.1. The smallest absolute Gasteiger partial charge is 0.230 e. The minimum Gasteiger partial charge on any atom is -0.302 e. The van der Waals surface area contributed by atoms with Crippen LogP contribution in [0.3, 0.4) is 0 Å². The van der Waals surface area contributed by atoms with Crippen LogP contribution in [0.1, 0.15) is 29.5 Å². The summed E-state index contributed by atoms with van der Waals surface area (Å²) in [6.07, 6.45) is 3.02. The fraction of sp³-hybridized carbons (Fsp3) is 0.375. The molecule has 1 amide bonds. The average Bonchev–Trinajstić information content (AvgIpc) is 2.84. The molecule has 1 aromatic carbocycles. The fourth-order valence-electron chi connectivity index (χ4n) is 2.62. The van der Waals surface area contributed by atoms with Gasteiger partial charge in [0.2, 0.25) is 5.91 Å². The number of aryl methyl sites for hydroxylation is 1. The maximum absolute atomic E-state index is 13.7. The first-order valence-electron chi connectivity index (χ1n) is 7.24. The molecule has 6 heteroatoms. The monoisotopic (exact) mass is 338 g/mol. The summed E-state index contributed by atoms with van der Waals surface area (Å²) < 4.78 is 13.7. The molecule has 0 bridgehead atoms. The molecule has 0 aliphatic heterocycles. The van der Waals surface area contributed by atoms with Crippen LogP contribution >= 0.6 is 22.9 Å². The molecular weight excluding hydrogens is 323 g/mol. The summed E-state index contributed by atoms with van der Waals surface area (Å²) in [5, 5.41) is 3.62. The molecule has 22 heavy (non-hydrogen) atoms. The first kappa shape index (κ1) is 15.4. The predicted molar refractivity (Wildman–Crippen MR) is 87.0 cm³/mol. The second kappa shape index (κ2) is 6.34. The number of carbonyl (C=O) groups excluding carboxylic acids is 1. The van der Waals surface area contributed by atoms with Crippen LogP contribution in [0.5, 0.6) is 0 Å². The van der Waals surface area contributed by atoms with Gasteiger partial charge >= 0.3 is 0 Å². The average molecular weight is 339 g/mol. The number of halogens is 2. The van der Waals surface area contributed by atoms with E-state index in [9.17, 15) is 9.18 Å². The largest absolute Gasteiger partial charge is 0.302 e. The molecular formula is C16H16ClFN2OS. The Morgan fingerprint density at radius 2 is 2.36 bits per heavy atom. The molecule has 1 N–H and O–H groups in total. The van der Waals surface area contributed by atoms with Gasteiger partial charge in [0.05, 0.1) is 12.1 Å². The fourth-order valence-corrected chi connectivity index (χ4v) is 4.04. The van der Waals surface area contributed by atoms with Gasteiger partial charge in [0, 0.05) is 15.5 Å². The van der Waals surface area contributed by atoms with E-state index >= 15 is 0 Å². The topological polar surface area (TPSA) is 42.0 Å². The molecule has 116 valence electrons. The third-order valence-electron chi connectivity index (χ3n) is 3.83. The van der Waals surface area contributed by atoms with Crippen molar-refractivity contribution < 1.29 is 9.18 Å². The zero-order valence-electron chi connectivity index (χ0n) is 12.2. The second-order valence-electron chi connectivity index (χ2n) is 5.66. The van der Waals surface area contributed by atoms with E-state index in [1.54, 1.807) is 6.07 Å². The zero-order chi connectivity index (χ0) is 15.7. The lowest BCUT2D eigenvalue weighted by Gasteiger charge is -2.15. The quantitative estimate of drug-likeness (QED) is 0.909.